The molecule has 1 aliphatic rings. The van der Waals surface area contributed by atoms with E-state index in [-0.39, 0.29) is 11.8 Å². The number of hydrogen-bond acceptors (Lipinski definition) is 3. The Labute approximate surface area is 88.7 Å². The van der Waals surface area contributed by atoms with Gasteiger partial charge in [0.1, 0.15) is 0 Å². The van der Waals surface area contributed by atoms with Crippen molar-refractivity contribution in [3.05, 3.63) is 30.3 Å². The highest BCUT2D eigenvalue weighted by Crippen LogP contribution is 2.25. The summed E-state index contributed by atoms with van der Waals surface area (Å²) in [5.41, 5.74) is 1.02. The summed E-state index contributed by atoms with van der Waals surface area (Å²) >= 11 is 0. The Morgan fingerprint density at radius 2 is 2.07 bits per heavy atom. The zero-order chi connectivity index (χ0) is 10.7. The molecule has 1 atom stereocenters. The normalized spacial score (nSPS) is 20.3. The molecule has 0 radical (unpaired) electrons. The van der Waals surface area contributed by atoms with Crippen LogP contribution >= 0.6 is 0 Å². The second kappa shape index (κ2) is 4.26. The molecule has 3 nitrogen and oxygen atoms in total. The molecule has 15 heavy (non-hydrogen) atoms. The summed E-state index contributed by atoms with van der Waals surface area (Å²) in [5, 5.41) is 0. The number of carbonyl (C=O) groups excluding carboxylic acids is 2. The molecule has 1 aliphatic heterocycles. The molecule has 1 fully saturated rings. The van der Waals surface area contributed by atoms with Gasteiger partial charge in [-0.15, -0.1) is 0 Å². The first kappa shape index (κ1) is 9.90. The number of ketones is 1. The number of rotatable bonds is 3. The zero-order valence-electron chi connectivity index (χ0n) is 8.43. The van der Waals surface area contributed by atoms with Crippen LogP contribution in [-0.2, 0) is 9.59 Å². The Hall–Kier alpha value is -1.64. The van der Waals surface area contributed by atoms with Gasteiger partial charge in [-0.05, 0) is 25.0 Å². The number of carbonyl (C=O) groups is 2. The lowest BCUT2D eigenvalue weighted by atomic mass is 10.1. The van der Waals surface area contributed by atoms with Crippen LogP contribution in [-0.4, -0.2) is 24.7 Å². The Morgan fingerprint density at radius 1 is 1.33 bits per heavy atom. The van der Waals surface area contributed by atoms with E-state index in [1.807, 2.05) is 35.2 Å². The summed E-state index contributed by atoms with van der Waals surface area (Å²) in [6.07, 6.45) is 2.19. The van der Waals surface area contributed by atoms with E-state index < -0.39 is 0 Å². The summed E-state index contributed by atoms with van der Waals surface area (Å²) in [5.74, 6) is -0.309. The second-order valence-electron chi connectivity index (χ2n) is 3.71. The highest BCUT2D eigenvalue weighted by molar-refractivity contribution is 6.28. The molecule has 0 amide bonds. The van der Waals surface area contributed by atoms with E-state index in [4.69, 9.17) is 0 Å². The summed E-state index contributed by atoms with van der Waals surface area (Å²) < 4.78 is 0. The molecule has 0 aromatic heterocycles. The molecule has 1 saturated heterocycles. The quantitative estimate of drug-likeness (QED) is 0.550. The molecule has 1 aromatic rings. The molecule has 0 saturated carbocycles. The van der Waals surface area contributed by atoms with Crippen molar-refractivity contribution in [2.24, 2.45) is 0 Å². The fourth-order valence-electron chi connectivity index (χ4n) is 2.07. The van der Waals surface area contributed by atoms with Crippen molar-refractivity contribution in [1.82, 2.24) is 0 Å². The van der Waals surface area contributed by atoms with Crippen molar-refractivity contribution in [2.45, 2.75) is 18.9 Å². The molecule has 1 aromatic carbocycles. The van der Waals surface area contributed by atoms with Crippen molar-refractivity contribution < 1.29 is 9.59 Å². The number of aldehydes is 1. The van der Waals surface area contributed by atoms with Gasteiger partial charge in [0.25, 0.3) is 0 Å². The van der Waals surface area contributed by atoms with Gasteiger partial charge in [0, 0.05) is 12.2 Å². The van der Waals surface area contributed by atoms with E-state index in [1.54, 1.807) is 0 Å². The molecule has 0 spiro atoms. The van der Waals surface area contributed by atoms with E-state index in [2.05, 4.69) is 0 Å². The van der Waals surface area contributed by atoms with E-state index in [0.717, 1.165) is 25.1 Å². The number of nitrogens with zero attached hydrogens (tertiary/aromatic N) is 1. The highest BCUT2D eigenvalue weighted by atomic mass is 16.2. The zero-order valence-corrected chi connectivity index (χ0v) is 8.43. The van der Waals surface area contributed by atoms with Crippen molar-refractivity contribution in [3.8, 4) is 0 Å². The first-order valence-electron chi connectivity index (χ1n) is 5.13. The molecule has 0 bridgehead atoms. The van der Waals surface area contributed by atoms with Gasteiger partial charge in [-0.3, -0.25) is 9.59 Å². The molecule has 78 valence electrons. The van der Waals surface area contributed by atoms with Crippen LogP contribution in [0.4, 0.5) is 5.69 Å². The van der Waals surface area contributed by atoms with Crippen LogP contribution < -0.4 is 4.90 Å². The van der Waals surface area contributed by atoms with Crippen LogP contribution in [0.1, 0.15) is 12.8 Å². The monoisotopic (exact) mass is 203 g/mol. The molecule has 1 unspecified atom stereocenters. The van der Waals surface area contributed by atoms with E-state index >= 15 is 0 Å². The van der Waals surface area contributed by atoms with E-state index in [0.29, 0.717) is 6.29 Å². The van der Waals surface area contributed by atoms with Gasteiger partial charge in [-0.1, -0.05) is 18.2 Å². The first-order valence-corrected chi connectivity index (χ1v) is 5.13. The minimum Gasteiger partial charge on any atom is -0.361 e. The third-order valence-corrected chi connectivity index (χ3v) is 2.79. The van der Waals surface area contributed by atoms with Gasteiger partial charge in [0.15, 0.2) is 6.29 Å². The van der Waals surface area contributed by atoms with Crippen molar-refractivity contribution in [3.63, 3.8) is 0 Å². The number of anilines is 1. The van der Waals surface area contributed by atoms with Crippen molar-refractivity contribution in [2.75, 3.05) is 11.4 Å². The third-order valence-electron chi connectivity index (χ3n) is 2.79. The van der Waals surface area contributed by atoms with Crippen LogP contribution in [0.25, 0.3) is 0 Å². The lowest BCUT2D eigenvalue weighted by molar-refractivity contribution is -0.130. The van der Waals surface area contributed by atoms with E-state index in [1.165, 1.54) is 0 Å². The standard InChI is InChI=1S/C12H13NO2/c14-9-12(15)11-7-4-8-13(11)10-5-2-1-3-6-10/h1-3,5-6,9,11H,4,7-8H2. The average Bonchev–Trinajstić information content (AvgIpc) is 2.78. The summed E-state index contributed by atoms with van der Waals surface area (Å²) in [4.78, 5) is 23.9. The summed E-state index contributed by atoms with van der Waals surface area (Å²) in [6.45, 7) is 0.855. The summed E-state index contributed by atoms with van der Waals surface area (Å²) in [7, 11) is 0. The Balaban J connectivity index is 2.22. The topological polar surface area (TPSA) is 37.4 Å². The fraction of sp³-hybridized carbons (Fsp3) is 0.333. The van der Waals surface area contributed by atoms with Gasteiger partial charge in [0.05, 0.1) is 6.04 Å². The predicted molar refractivity (Wildman–Crippen MR) is 57.9 cm³/mol. The van der Waals surface area contributed by atoms with Crippen LogP contribution in [0.5, 0.6) is 0 Å². The molecule has 2 rings (SSSR count). The lowest BCUT2D eigenvalue weighted by Crippen LogP contribution is -2.36. The lowest BCUT2D eigenvalue weighted by Gasteiger charge is -2.24. The van der Waals surface area contributed by atoms with E-state index in [9.17, 15) is 9.59 Å². The van der Waals surface area contributed by atoms with Crippen LogP contribution in [0.3, 0.4) is 0 Å². The molecular formula is C12H13NO2. The van der Waals surface area contributed by atoms with Gasteiger partial charge >= 0.3 is 0 Å². The van der Waals surface area contributed by atoms with Crippen LogP contribution in [0.15, 0.2) is 30.3 Å². The second-order valence-corrected chi connectivity index (χ2v) is 3.71. The SMILES string of the molecule is O=CC(=O)C1CCCN1c1ccccc1. The minimum atomic E-state index is -0.309. The smallest absolute Gasteiger partial charge is 0.217 e. The third kappa shape index (κ3) is 1.91. The minimum absolute atomic E-state index is 0.245. The molecular weight excluding hydrogens is 190 g/mol. The molecule has 0 N–H and O–H groups in total. The predicted octanol–water partition coefficient (Wildman–Crippen LogP) is 1.42. The van der Waals surface area contributed by atoms with Crippen molar-refractivity contribution >= 4 is 17.8 Å². The number of Topliss-reactive ketones (excluding diaryl/α,β-unsaturated/α-hetero) is 1. The molecule has 1 heterocycles. The molecule has 0 aliphatic carbocycles. The maximum Gasteiger partial charge on any atom is 0.217 e. The van der Waals surface area contributed by atoms with Gasteiger partial charge in [-0.25, -0.2) is 0 Å². The number of hydrogen-bond donors (Lipinski definition) is 0. The fourth-order valence-corrected chi connectivity index (χ4v) is 2.07. The summed E-state index contributed by atoms with van der Waals surface area (Å²) in [6, 6.07) is 9.51. The molecule has 3 heteroatoms. The Bertz CT molecular complexity index is 361. The van der Waals surface area contributed by atoms with Crippen molar-refractivity contribution in [1.29, 1.82) is 0 Å². The Kier molecular flexibility index (Phi) is 2.81. The number of para-hydroxylation sites is 1. The number of benzene rings is 1. The maximum atomic E-state index is 11.4. The maximum absolute atomic E-state index is 11.4. The van der Waals surface area contributed by atoms with Gasteiger partial charge < -0.3 is 4.90 Å². The largest absolute Gasteiger partial charge is 0.361 e. The van der Waals surface area contributed by atoms with Gasteiger partial charge in [0.2, 0.25) is 5.78 Å². The highest BCUT2D eigenvalue weighted by Gasteiger charge is 2.29. The van der Waals surface area contributed by atoms with Crippen LogP contribution in [0, 0.1) is 0 Å². The van der Waals surface area contributed by atoms with Gasteiger partial charge in [-0.2, -0.15) is 0 Å². The van der Waals surface area contributed by atoms with Crippen LogP contribution in [0.2, 0.25) is 0 Å². The Morgan fingerprint density at radius 3 is 2.73 bits per heavy atom. The first-order chi connectivity index (χ1) is 7.33. The average molecular weight is 203 g/mol.